The number of nitrogens with one attached hydrogen (secondary N) is 2. The van der Waals surface area contributed by atoms with Crippen LogP contribution in [0.15, 0.2) is 48.8 Å². The predicted octanol–water partition coefficient (Wildman–Crippen LogP) is 8.39. The Balaban J connectivity index is 1.06. The summed E-state index contributed by atoms with van der Waals surface area (Å²) < 4.78 is 0. The van der Waals surface area contributed by atoms with E-state index in [9.17, 15) is 14.7 Å². The van der Waals surface area contributed by atoms with E-state index in [0.29, 0.717) is 54.7 Å². The second kappa shape index (κ2) is 13.4. The standard InChI is InChI=1S/C45H64N4O3/c1-28(2)33-14-20-45(40(52)46-23-17-30-10-9-11-31(24-30)39(51)49-27-32-26-47-29(3)25-48-32)22-21-43(7)34(38(33)45)12-13-36-42(6)18-16-37(50)41(4,5)35(42)15-19-44(36,43)8/h9-11,24-26,33-38,50H,1,12-23,27H2,2-8H3,(H,46,52)(H,49,51)/t33-,34?,35?,36?,37-,38?,42-,43+,44+,45-/m0/s1. The molecule has 1 aromatic carbocycles. The zero-order valence-corrected chi connectivity index (χ0v) is 33.0. The van der Waals surface area contributed by atoms with Gasteiger partial charge in [0.25, 0.3) is 5.91 Å². The normalized spacial score (nSPS) is 38.9. The van der Waals surface area contributed by atoms with Crippen molar-refractivity contribution < 1.29 is 14.7 Å². The van der Waals surface area contributed by atoms with Gasteiger partial charge in [0.2, 0.25) is 5.91 Å². The number of carbonyl (C=O) groups excluding carboxylic acids is 2. The first kappa shape index (κ1) is 37.3. The fourth-order valence-electron chi connectivity index (χ4n) is 13.7. The first-order valence-electron chi connectivity index (χ1n) is 20.3. The van der Waals surface area contributed by atoms with Gasteiger partial charge in [-0.25, -0.2) is 0 Å². The van der Waals surface area contributed by atoms with Crippen LogP contribution in [0.2, 0.25) is 0 Å². The van der Waals surface area contributed by atoms with E-state index in [4.69, 9.17) is 0 Å². The van der Waals surface area contributed by atoms with Gasteiger partial charge in [0.05, 0.1) is 35.6 Å². The molecule has 1 aromatic heterocycles. The number of aliphatic hydroxyl groups is 1. The molecular weight excluding hydrogens is 645 g/mol. The van der Waals surface area contributed by atoms with Crippen molar-refractivity contribution in [1.82, 2.24) is 20.6 Å². The molecule has 0 radical (unpaired) electrons. The Morgan fingerprint density at radius 3 is 2.40 bits per heavy atom. The van der Waals surface area contributed by atoms with Crippen LogP contribution in [0.1, 0.15) is 133 Å². The Labute approximate surface area is 312 Å². The maximum atomic E-state index is 14.6. The highest BCUT2D eigenvalue weighted by atomic mass is 16.3. The molecule has 5 fully saturated rings. The SMILES string of the molecule is C=C(C)[C@@H]1CC[C@]2(C(=O)NCCc3cccc(C(=O)NCc4cnc(C)cn4)c3)CC[C@]3(C)C(CCC4[C@@]5(C)CC[C@H](O)C(C)(C)C5CC[C@]43C)C12. The van der Waals surface area contributed by atoms with Crippen LogP contribution in [-0.4, -0.2) is 39.5 Å². The van der Waals surface area contributed by atoms with Crippen LogP contribution in [0.5, 0.6) is 0 Å². The molecule has 5 aliphatic carbocycles. The van der Waals surface area contributed by atoms with Gasteiger partial charge in [0.1, 0.15) is 0 Å². The van der Waals surface area contributed by atoms with E-state index in [1.807, 2.05) is 31.2 Å². The third kappa shape index (κ3) is 5.78. The molecule has 2 amide bonds. The summed E-state index contributed by atoms with van der Waals surface area (Å²) in [4.78, 5) is 36.2. The molecule has 4 unspecified atom stereocenters. The van der Waals surface area contributed by atoms with Crippen LogP contribution >= 0.6 is 0 Å². The van der Waals surface area contributed by atoms with Crippen molar-refractivity contribution in [1.29, 1.82) is 0 Å². The van der Waals surface area contributed by atoms with Gasteiger partial charge in [0.15, 0.2) is 0 Å². The number of carbonyl (C=O) groups is 2. The number of aryl methyl sites for hydroxylation is 1. The smallest absolute Gasteiger partial charge is 0.251 e. The summed E-state index contributed by atoms with van der Waals surface area (Å²) >= 11 is 0. The van der Waals surface area contributed by atoms with E-state index in [-0.39, 0.29) is 45.0 Å². The summed E-state index contributed by atoms with van der Waals surface area (Å²) in [5, 5.41) is 17.5. The molecule has 282 valence electrons. The van der Waals surface area contributed by atoms with Crippen LogP contribution in [0, 0.1) is 63.6 Å². The first-order valence-corrected chi connectivity index (χ1v) is 20.3. The molecule has 0 bridgehead atoms. The average molecular weight is 709 g/mol. The lowest BCUT2D eigenvalue weighted by atomic mass is 9.32. The number of benzene rings is 1. The molecule has 7 rings (SSSR count). The number of hydrogen-bond acceptors (Lipinski definition) is 5. The minimum atomic E-state index is -0.352. The summed E-state index contributed by atoms with van der Waals surface area (Å²) in [7, 11) is 0. The van der Waals surface area contributed by atoms with E-state index >= 15 is 0 Å². The van der Waals surface area contributed by atoms with Gasteiger partial charge in [-0.3, -0.25) is 19.6 Å². The lowest BCUT2D eigenvalue weighted by molar-refractivity contribution is -0.246. The van der Waals surface area contributed by atoms with E-state index < -0.39 is 0 Å². The lowest BCUT2D eigenvalue weighted by Gasteiger charge is -2.72. The van der Waals surface area contributed by atoms with Crippen LogP contribution in [0.4, 0.5) is 0 Å². The molecule has 1 heterocycles. The molecular formula is C45H64N4O3. The Morgan fingerprint density at radius 1 is 0.885 bits per heavy atom. The number of hydrogen-bond donors (Lipinski definition) is 3. The van der Waals surface area contributed by atoms with Crippen LogP contribution in [0.3, 0.4) is 0 Å². The van der Waals surface area contributed by atoms with Gasteiger partial charge in [0, 0.05) is 18.3 Å². The summed E-state index contributed by atoms with van der Waals surface area (Å²) in [6.07, 6.45) is 14.8. The number of fused-ring (bicyclic) bond motifs is 7. The van der Waals surface area contributed by atoms with Gasteiger partial charge in [-0.05, 0) is 153 Å². The quantitative estimate of drug-likeness (QED) is 0.239. The van der Waals surface area contributed by atoms with Gasteiger partial charge in [-0.1, -0.05) is 58.9 Å². The third-order valence-corrected chi connectivity index (χ3v) is 16.7. The molecule has 3 N–H and O–H groups in total. The number of rotatable bonds is 8. The van der Waals surface area contributed by atoms with Crippen molar-refractivity contribution in [3.05, 3.63) is 71.3 Å². The molecule has 52 heavy (non-hydrogen) atoms. The average Bonchev–Trinajstić information content (AvgIpc) is 3.52. The highest BCUT2D eigenvalue weighted by Crippen LogP contribution is 2.77. The van der Waals surface area contributed by atoms with E-state index in [1.54, 1.807) is 12.4 Å². The summed E-state index contributed by atoms with van der Waals surface area (Å²) in [5.74, 6) is 2.49. The summed E-state index contributed by atoms with van der Waals surface area (Å²) in [6, 6.07) is 7.73. The van der Waals surface area contributed by atoms with Crippen LogP contribution in [-0.2, 0) is 17.8 Å². The number of aliphatic hydroxyl groups excluding tert-OH is 1. The highest BCUT2D eigenvalue weighted by Gasteiger charge is 2.71. The number of nitrogens with zero attached hydrogens (tertiary/aromatic N) is 2. The fourth-order valence-corrected chi connectivity index (χ4v) is 13.7. The molecule has 5 aliphatic rings. The Morgan fingerprint density at radius 2 is 1.67 bits per heavy atom. The van der Waals surface area contributed by atoms with Crippen LogP contribution < -0.4 is 10.6 Å². The third-order valence-electron chi connectivity index (χ3n) is 16.7. The van der Waals surface area contributed by atoms with Crippen molar-refractivity contribution in [2.24, 2.45) is 56.7 Å². The Kier molecular flexibility index (Phi) is 9.57. The van der Waals surface area contributed by atoms with Gasteiger partial charge < -0.3 is 15.7 Å². The Bertz CT molecular complexity index is 1700. The second-order valence-electron chi connectivity index (χ2n) is 19.3. The van der Waals surface area contributed by atoms with Gasteiger partial charge in [-0.2, -0.15) is 0 Å². The zero-order chi connectivity index (χ0) is 37.3. The second-order valence-corrected chi connectivity index (χ2v) is 19.3. The fraction of sp³-hybridized carbons (Fsp3) is 0.689. The molecule has 7 nitrogen and oxygen atoms in total. The topological polar surface area (TPSA) is 104 Å². The van der Waals surface area contributed by atoms with E-state index in [0.717, 1.165) is 55.5 Å². The first-order chi connectivity index (χ1) is 24.6. The highest BCUT2D eigenvalue weighted by molar-refractivity contribution is 5.94. The molecule has 0 spiro atoms. The lowest BCUT2D eigenvalue weighted by Crippen LogP contribution is -2.67. The predicted molar refractivity (Wildman–Crippen MR) is 206 cm³/mol. The molecule has 2 aromatic rings. The number of allylic oxidation sites excluding steroid dienone is 1. The minimum absolute atomic E-state index is 0.0482. The number of amides is 2. The molecule has 0 saturated heterocycles. The van der Waals surface area contributed by atoms with Crippen molar-refractivity contribution in [3.8, 4) is 0 Å². The molecule has 10 atom stereocenters. The maximum Gasteiger partial charge on any atom is 0.251 e. The molecule has 0 aliphatic heterocycles. The maximum absolute atomic E-state index is 14.6. The van der Waals surface area contributed by atoms with Crippen molar-refractivity contribution in [3.63, 3.8) is 0 Å². The molecule has 5 saturated carbocycles. The summed E-state index contributed by atoms with van der Waals surface area (Å²) in [6.45, 7) is 22.0. The monoisotopic (exact) mass is 708 g/mol. The molecule has 7 heteroatoms. The zero-order valence-electron chi connectivity index (χ0n) is 33.0. The largest absolute Gasteiger partial charge is 0.393 e. The minimum Gasteiger partial charge on any atom is -0.393 e. The Hall–Kier alpha value is -3.06. The van der Waals surface area contributed by atoms with Gasteiger partial charge in [-0.15, -0.1) is 0 Å². The van der Waals surface area contributed by atoms with Crippen LogP contribution in [0.25, 0.3) is 0 Å². The van der Waals surface area contributed by atoms with Gasteiger partial charge >= 0.3 is 0 Å². The van der Waals surface area contributed by atoms with Crippen molar-refractivity contribution in [2.45, 2.75) is 132 Å². The van der Waals surface area contributed by atoms with E-state index in [2.05, 4.69) is 68.7 Å². The van der Waals surface area contributed by atoms with E-state index in [1.165, 1.54) is 31.3 Å². The summed E-state index contributed by atoms with van der Waals surface area (Å²) in [5.41, 5.74) is 4.68. The van der Waals surface area contributed by atoms with Crippen molar-refractivity contribution in [2.75, 3.05) is 6.54 Å². The number of aromatic nitrogens is 2. The van der Waals surface area contributed by atoms with Crippen molar-refractivity contribution >= 4 is 11.8 Å².